The molecular weight excluding hydrogens is 187 g/mol. The molecule has 0 saturated heterocycles. The van der Waals surface area contributed by atoms with Gasteiger partial charge in [-0.2, -0.15) is 0 Å². The van der Waals surface area contributed by atoms with Crippen LogP contribution in [-0.4, -0.2) is 4.92 Å². The number of anilines is 1. The summed E-state index contributed by atoms with van der Waals surface area (Å²) in [7, 11) is 0. The Hall–Kier alpha value is -1.65. The predicted molar refractivity (Wildman–Crippen MR) is 51.6 cm³/mol. The Balaban J connectivity index is 3.45. The van der Waals surface area contributed by atoms with Crippen molar-refractivity contribution in [2.75, 3.05) is 5.73 Å². The first kappa shape index (κ1) is 10.4. The lowest BCUT2D eigenvalue weighted by molar-refractivity contribution is -0.385. The Bertz CT molecular complexity index is 377. The van der Waals surface area contributed by atoms with Gasteiger partial charge in [0.15, 0.2) is 5.82 Å². The van der Waals surface area contributed by atoms with Gasteiger partial charge in [0, 0.05) is 6.07 Å². The summed E-state index contributed by atoms with van der Waals surface area (Å²) in [6.07, 6.45) is 0. The van der Waals surface area contributed by atoms with E-state index in [0.29, 0.717) is 0 Å². The maximum atomic E-state index is 13.4. The maximum Gasteiger partial charge on any atom is 0.275 e. The lowest BCUT2D eigenvalue weighted by Crippen LogP contribution is -2.03. The van der Waals surface area contributed by atoms with Crippen LogP contribution in [0.4, 0.5) is 15.8 Å². The number of nitrogens with two attached hydrogens (primary N) is 1. The number of halogens is 1. The van der Waals surface area contributed by atoms with Crippen LogP contribution in [0, 0.1) is 15.9 Å². The van der Waals surface area contributed by atoms with E-state index in [1.807, 2.05) is 0 Å². The van der Waals surface area contributed by atoms with E-state index < -0.39 is 10.7 Å². The van der Waals surface area contributed by atoms with E-state index in [4.69, 9.17) is 5.73 Å². The lowest BCUT2D eigenvalue weighted by atomic mass is 10.00. The van der Waals surface area contributed by atoms with E-state index in [1.54, 1.807) is 13.8 Å². The van der Waals surface area contributed by atoms with Gasteiger partial charge in [-0.05, 0) is 12.0 Å². The van der Waals surface area contributed by atoms with Crippen LogP contribution in [0.2, 0.25) is 0 Å². The normalized spacial score (nSPS) is 10.6. The fraction of sp³-hybridized carbons (Fsp3) is 0.333. The van der Waals surface area contributed by atoms with E-state index in [9.17, 15) is 14.5 Å². The van der Waals surface area contributed by atoms with Gasteiger partial charge in [0.2, 0.25) is 0 Å². The minimum atomic E-state index is -0.686. The first-order valence-electron chi connectivity index (χ1n) is 4.17. The number of hydrogen-bond acceptors (Lipinski definition) is 3. The molecule has 76 valence electrons. The fourth-order valence-corrected chi connectivity index (χ4v) is 1.31. The molecule has 0 atom stereocenters. The third kappa shape index (κ3) is 1.66. The third-order valence-electron chi connectivity index (χ3n) is 1.96. The van der Waals surface area contributed by atoms with Gasteiger partial charge in [-0.1, -0.05) is 13.8 Å². The van der Waals surface area contributed by atoms with Gasteiger partial charge in [0.1, 0.15) is 0 Å². The van der Waals surface area contributed by atoms with Crippen LogP contribution < -0.4 is 5.73 Å². The van der Waals surface area contributed by atoms with Crippen LogP contribution in [0.3, 0.4) is 0 Å². The molecule has 0 amide bonds. The van der Waals surface area contributed by atoms with Gasteiger partial charge in [-0.3, -0.25) is 10.1 Å². The zero-order valence-electron chi connectivity index (χ0n) is 7.95. The SMILES string of the molecule is CC(C)c1c([N+](=O)[O-])ccc(N)c1F. The predicted octanol–water partition coefficient (Wildman–Crippen LogP) is 2.44. The number of rotatable bonds is 2. The van der Waals surface area contributed by atoms with Crippen molar-refractivity contribution in [3.8, 4) is 0 Å². The van der Waals surface area contributed by atoms with Crippen molar-refractivity contribution in [1.29, 1.82) is 0 Å². The average molecular weight is 198 g/mol. The highest BCUT2D eigenvalue weighted by molar-refractivity contribution is 5.54. The Labute approximate surface area is 80.7 Å². The number of nitro groups is 1. The van der Waals surface area contributed by atoms with Crippen molar-refractivity contribution in [1.82, 2.24) is 0 Å². The Morgan fingerprint density at radius 3 is 2.50 bits per heavy atom. The van der Waals surface area contributed by atoms with E-state index >= 15 is 0 Å². The van der Waals surface area contributed by atoms with Crippen molar-refractivity contribution in [3.05, 3.63) is 33.6 Å². The first-order valence-corrected chi connectivity index (χ1v) is 4.17. The molecule has 0 saturated carbocycles. The van der Waals surface area contributed by atoms with E-state index in [0.717, 1.165) is 0 Å². The molecule has 4 nitrogen and oxygen atoms in total. The molecule has 0 fully saturated rings. The average Bonchev–Trinajstić information content (AvgIpc) is 2.08. The molecule has 2 N–H and O–H groups in total. The van der Waals surface area contributed by atoms with Gasteiger partial charge in [0.25, 0.3) is 5.69 Å². The van der Waals surface area contributed by atoms with Crippen LogP contribution in [0.15, 0.2) is 12.1 Å². The summed E-state index contributed by atoms with van der Waals surface area (Å²) < 4.78 is 13.4. The number of hydrogen-bond donors (Lipinski definition) is 1. The monoisotopic (exact) mass is 198 g/mol. The van der Waals surface area contributed by atoms with Gasteiger partial charge in [-0.25, -0.2) is 4.39 Å². The van der Waals surface area contributed by atoms with Gasteiger partial charge < -0.3 is 5.73 Å². The highest BCUT2D eigenvalue weighted by atomic mass is 19.1. The van der Waals surface area contributed by atoms with Crippen molar-refractivity contribution in [2.45, 2.75) is 19.8 Å². The first-order chi connectivity index (χ1) is 6.45. The molecule has 14 heavy (non-hydrogen) atoms. The Morgan fingerprint density at radius 2 is 2.07 bits per heavy atom. The molecule has 0 radical (unpaired) electrons. The second kappa shape index (κ2) is 3.61. The van der Waals surface area contributed by atoms with Crippen molar-refractivity contribution < 1.29 is 9.31 Å². The molecule has 1 rings (SSSR count). The van der Waals surface area contributed by atoms with Crippen molar-refractivity contribution >= 4 is 11.4 Å². The third-order valence-corrected chi connectivity index (χ3v) is 1.96. The topological polar surface area (TPSA) is 69.2 Å². The molecule has 1 aromatic carbocycles. The molecule has 0 aliphatic rings. The second-order valence-electron chi connectivity index (χ2n) is 3.31. The zero-order valence-corrected chi connectivity index (χ0v) is 7.95. The summed E-state index contributed by atoms with van der Waals surface area (Å²) in [5, 5.41) is 10.6. The van der Waals surface area contributed by atoms with Crippen LogP contribution >= 0.6 is 0 Å². The fourth-order valence-electron chi connectivity index (χ4n) is 1.31. The number of benzene rings is 1. The molecule has 0 unspecified atom stereocenters. The number of nitro benzene ring substituents is 1. The highest BCUT2D eigenvalue weighted by Gasteiger charge is 2.22. The maximum absolute atomic E-state index is 13.4. The smallest absolute Gasteiger partial charge is 0.275 e. The van der Waals surface area contributed by atoms with E-state index in [2.05, 4.69) is 0 Å². The summed E-state index contributed by atoms with van der Waals surface area (Å²) in [6.45, 7) is 3.37. The summed E-state index contributed by atoms with van der Waals surface area (Å²) >= 11 is 0. The second-order valence-corrected chi connectivity index (χ2v) is 3.31. The zero-order chi connectivity index (χ0) is 10.9. The molecule has 0 aromatic heterocycles. The minimum absolute atomic E-state index is 0.0562. The summed E-state index contributed by atoms with van der Waals surface area (Å²) in [6, 6.07) is 2.44. The summed E-state index contributed by atoms with van der Waals surface area (Å²) in [5.41, 5.74) is 5.12. The molecule has 0 heterocycles. The van der Waals surface area contributed by atoms with Gasteiger partial charge in [0.05, 0.1) is 16.2 Å². The molecule has 1 aromatic rings. The van der Waals surface area contributed by atoms with Crippen LogP contribution in [-0.2, 0) is 0 Å². The molecule has 5 heteroatoms. The largest absolute Gasteiger partial charge is 0.396 e. The molecule has 0 bridgehead atoms. The molecule has 0 aliphatic carbocycles. The van der Waals surface area contributed by atoms with Crippen LogP contribution in [0.5, 0.6) is 0 Å². The Morgan fingerprint density at radius 1 is 1.50 bits per heavy atom. The van der Waals surface area contributed by atoms with Gasteiger partial charge in [-0.15, -0.1) is 0 Å². The van der Waals surface area contributed by atoms with Gasteiger partial charge >= 0.3 is 0 Å². The Kier molecular flexibility index (Phi) is 2.69. The standard InChI is InChI=1S/C9H11FN2O2/c1-5(2)8-7(12(13)14)4-3-6(11)9(8)10/h3-5H,11H2,1-2H3. The highest BCUT2D eigenvalue weighted by Crippen LogP contribution is 2.31. The summed E-state index contributed by atoms with van der Waals surface area (Å²) in [4.78, 5) is 9.99. The number of nitrogen functional groups attached to an aromatic ring is 1. The summed E-state index contributed by atoms with van der Waals surface area (Å²) in [5.74, 6) is -0.951. The van der Waals surface area contributed by atoms with E-state index in [-0.39, 0.29) is 22.9 Å². The molecule has 0 aliphatic heterocycles. The quantitative estimate of drug-likeness (QED) is 0.450. The van der Waals surface area contributed by atoms with Crippen LogP contribution in [0.25, 0.3) is 0 Å². The number of nitrogens with zero attached hydrogens (tertiary/aromatic N) is 1. The van der Waals surface area contributed by atoms with Crippen LogP contribution in [0.1, 0.15) is 25.3 Å². The van der Waals surface area contributed by atoms with Crippen molar-refractivity contribution in [3.63, 3.8) is 0 Å². The van der Waals surface area contributed by atoms with Crippen molar-refractivity contribution in [2.24, 2.45) is 0 Å². The molecular formula is C9H11FN2O2. The minimum Gasteiger partial charge on any atom is -0.396 e. The molecule has 0 spiro atoms. The lowest BCUT2D eigenvalue weighted by Gasteiger charge is -2.09. The van der Waals surface area contributed by atoms with E-state index in [1.165, 1.54) is 12.1 Å².